The summed E-state index contributed by atoms with van der Waals surface area (Å²) < 4.78 is 15.7. The van der Waals surface area contributed by atoms with Crippen molar-refractivity contribution in [2.75, 3.05) is 77.9 Å². The fraction of sp³-hybridized carbons (Fsp3) is 0.560. The summed E-state index contributed by atoms with van der Waals surface area (Å²) in [4.78, 5) is 41.9. The van der Waals surface area contributed by atoms with Gasteiger partial charge >= 0.3 is 0 Å². The Labute approximate surface area is 208 Å². The number of aromatic amines is 1. The normalized spacial score (nSPS) is 21.5. The summed E-state index contributed by atoms with van der Waals surface area (Å²) in [7, 11) is 3.72. The summed E-state index contributed by atoms with van der Waals surface area (Å²) in [6, 6.07) is 3.61. The van der Waals surface area contributed by atoms with Gasteiger partial charge in [0.25, 0.3) is 5.56 Å². The first kappa shape index (κ1) is 22.7. The number of aromatic nitrogens is 2. The predicted octanol–water partition coefficient (Wildman–Crippen LogP) is 2.36. The topological polar surface area (TPSA) is 75.8 Å². The molecule has 4 aliphatic heterocycles. The van der Waals surface area contributed by atoms with Gasteiger partial charge in [0.15, 0.2) is 0 Å². The molecule has 0 atom stereocenters. The molecule has 1 aromatic heterocycles. The van der Waals surface area contributed by atoms with Crippen LogP contribution < -0.4 is 25.2 Å². The number of nitrogens with one attached hydrogen (secondary N) is 1. The van der Waals surface area contributed by atoms with Gasteiger partial charge in [-0.3, -0.25) is 14.6 Å². The Morgan fingerprint density at radius 2 is 1.77 bits per heavy atom. The number of carbonyl (C=O) groups is 1. The van der Waals surface area contributed by atoms with Crippen LogP contribution in [0.1, 0.15) is 30.4 Å². The maximum atomic E-state index is 15.7. The van der Waals surface area contributed by atoms with Crippen molar-refractivity contribution in [3.63, 3.8) is 0 Å². The van der Waals surface area contributed by atoms with Gasteiger partial charge in [-0.05, 0) is 37.8 Å². The van der Waals surface area contributed by atoms with Crippen LogP contribution in [0.25, 0.3) is 0 Å². The minimum Gasteiger partial charge on any atom is -0.370 e. The number of thioether (sulfide) groups is 1. The molecule has 1 aromatic carbocycles. The second-order valence-electron chi connectivity index (χ2n) is 10.1. The number of likely N-dealkylation sites (N-methyl/N-ethyl adjacent to an activating group) is 1. The summed E-state index contributed by atoms with van der Waals surface area (Å²) >= 11 is 1.91. The fourth-order valence-corrected chi connectivity index (χ4v) is 7.09. The maximum absolute atomic E-state index is 15.7. The number of rotatable bonds is 2. The summed E-state index contributed by atoms with van der Waals surface area (Å²) in [5.41, 5.74) is 1.86. The average Bonchev–Trinajstić information content (AvgIpc) is 3.08. The van der Waals surface area contributed by atoms with Gasteiger partial charge in [0.1, 0.15) is 11.6 Å². The highest BCUT2D eigenvalue weighted by atomic mass is 32.2. The molecule has 2 saturated heterocycles. The van der Waals surface area contributed by atoms with Gasteiger partial charge in [-0.2, -0.15) is 16.7 Å². The molecule has 2 fully saturated rings. The number of amides is 1. The van der Waals surface area contributed by atoms with E-state index in [2.05, 4.69) is 9.88 Å². The Kier molecular flexibility index (Phi) is 5.47. The summed E-state index contributed by atoms with van der Waals surface area (Å²) in [5, 5.41) is 0. The largest absolute Gasteiger partial charge is 0.370 e. The fourth-order valence-electron chi connectivity index (χ4n) is 6.19. The van der Waals surface area contributed by atoms with Crippen molar-refractivity contribution in [1.29, 1.82) is 0 Å². The van der Waals surface area contributed by atoms with E-state index in [0.29, 0.717) is 43.1 Å². The van der Waals surface area contributed by atoms with Crippen molar-refractivity contribution < 1.29 is 9.18 Å². The first-order valence-corrected chi connectivity index (χ1v) is 13.6. The number of piperidine rings is 1. The van der Waals surface area contributed by atoms with E-state index in [4.69, 9.17) is 4.98 Å². The van der Waals surface area contributed by atoms with E-state index in [1.165, 1.54) is 0 Å². The van der Waals surface area contributed by atoms with Gasteiger partial charge in [0, 0.05) is 69.6 Å². The van der Waals surface area contributed by atoms with Gasteiger partial charge in [0.2, 0.25) is 11.9 Å². The molecule has 35 heavy (non-hydrogen) atoms. The monoisotopic (exact) mass is 498 g/mol. The Hall–Kier alpha value is -2.75. The molecule has 6 rings (SSSR count). The zero-order valence-electron chi connectivity index (χ0n) is 20.3. The van der Waals surface area contributed by atoms with E-state index in [9.17, 15) is 9.59 Å². The van der Waals surface area contributed by atoms with Crippen LogP contribution in [0.5, 0.6) is 0 Å². The molecule has 10 heteroatoms. The molecule has 0 aliphatic carbocycles. The molecular weight excluding hydrogens is 467 g/mol. The molecule has 5 heterocycles. The van der Waals surface area contributed by atoms with E-state index >= 15 is 4.39 Å². The molecule has 0 unspecified atom stereocenters. The van der Waals surface area contributed by atoms with E-state index in [1.807, 2.05) is 34.7 Å². The minimum atomic E-state index is -0.869. The zero-order valence-corrected chi connectivity index (χ0v) is 21.1. The van der Waals surface area contributed by atoms with Crippen molar-refractivity contribution in [3.8, 4) is 0 Å². The molecule has 0 saturated carbocycles. The number of carbonyl (C=O) groups excluding carboxylic acids is 1. The summed E-state index contributed by atoms with van der Waals surface area (Å²) in [6.07, 6.45) is 2.65. The summed E-state index contributed by atoms with van der Waals surface area (Å²) in [5.74, 6) is 3.01. The molecule has 1 amide bonds. The van der Waals surface area contributed by atoms with Crippen molar-refractivity contribution in [2.24, 2.45) is 0 Å². The van der Waals surface area contributed by atoms with Crippen molar-refractivity contribution >= 4 is 40.8 Å². The third-order valence-electron chi connectivity index (χ3n) is 8.16. The Bertz CT molecular complexity index is 1240. The number of halogens is 1. The number of anilines is 4. The van der Waals surface area contributed by atoms with Crippen LogP contribution in [0, 0.1) is 5.82 Å². The Morgan fingerprint density at radius 3 is 2.51 bits per heavy atom. The molecule has 8 nitrogen and oxygen atoms in total. The standard InChI is InChI=1S/C25H31FN6O2S/c1-29-7-3-4-17-21(29)27-24(28-22(17)33)32-8-5-25(6-9-32)20-18(26)14-16(31-10-12-35-13-11-31)15-19(20)30(2)23(25)34/h14-15H,3-13H2,1-2H3,(H,27,28,33). The number of hydrogen-bond acceptors (Lipinski definition) is 7. The quantitative estimate of drug-likeness (QED) is 0.681. The average molecular weight is 499 g/mol. The number of benzene rings is 1. The van der Waals surface area contributed by atoms with Gasteiger partial charge in [-0.25, -0.2) is 4.39 Å². The van der Waals surface area contributed by atoms with E-state index in [0.717, 1.165) is 61.1 Å². The van der Waals surface area contributed by atoms with Crippen molar-refractivity contribution in [2.45, 2.75) is 31.1 Å². The number of nitrogens with zero attached hydrogens (tertiary/aromatic N) is 5. The van der Waals surface area contributed by atoms with Crippen LogP contribution in [0.3, 0.4) is 0 Å². The number of fused-ring (bicyclic) bond motifs is 3. The number of H-pyrrole nitrogens is 1. The summed E-state index contributed by atoms with van der Waals surface area (Å²) in [6.45, 7) is 3.70. The highest BCUT2D eigenvalue weighted by Gasteiger charge is 2.53. The van der Waals surface area contributed by atoms with E-state index in [1.54, 1.807) is 18.0 Å². The minimum absolute atomic E-state index is 0.0379. The molecular formula is C25H31FN6O2S. The Morgan fingerprint density at radius 1 is 1.03 bits per heavy atom. The highest BCUT2D eigenvalue weighted by molar-refractivity contribution is 7.99. The predicted molar refractivity (Wildman–Crippen MR) is 139 cm³/mol. The van der Waals surface area contributed by atoms with Crippen LogP contribution >= 0.6 is 11.8 Å². The Balaban J connectivity index is 1.30. The second-order valence-corrected chi connectivity index (χ2v) is 11.3. The molecule has 1 spiro atoms. The van der Waals surface area contributed by atoms with Gasteiger partial charge in [-0.1, -0.05) is 0 Å². The van der Waals surface area contributed by atoms with Crippen molar-refractivity contribution in [3.05, 3.63) is 39.4 Å². The molecule has 186 valence electrons. The smallest absolute Gasteiger partial charge is 0.257 e. The third kappa shape index (κ3) is 3.51. The van der Waals surface area contributed by atoms with Crippen LogP contribution in [0.2, 0.25) is 0 Å². The van der Waals surface area contributed by atoms with Crippen LogP contribution in [-0.2, 0) is 16.6 Å². The first-order valence-electron chi connectivity index (χ1n) is 12.4. The molecule has 2 aromatic rings. The highest BCUT2D eigenvalue weighted by Crippen LogP contribution is 2.50. The lowest BCUT2D eigenvalue weighted by Crippen LogP contribution is -2.49. The lowest BCUT2D eigenvalue weighted by atomic mass is 9.73. The van der Waals surface area contributed by atoms with E-state index in [-0.39, 0.29) is 17.3 Å². The molecule has 4 aliphatic rings. The van der Waals surface area contributed by atoms with Crippen LogP contribution in [0.4, 0.5) is 27.5 Å². The lowest BCUT2D eigenvalue weighted by molar-refractivity contribution is -0.123. The number of hydrogen-bond donors (Lipinski definition) is 1. The molecule has 0 radical (unpaired) electrons. The third-order valence-corrected chi connectivity index (χ3v) is 9.11. The first-order chi connectivity index (χ1) is 16.9. The van der Waals surface area contributed by atoms with Crippen LogP contribution in [-0.4, -0.2) is 74.2 Å². The second kappa shape index (κ2) is 8.43. The maximum Gasteiger partial charge on any atom is 0.257 e. The molecule has 1 N–H and O–H groups in total. The van der Waals surface area contributed by atoms with E-state index < -0.39 is 5.41 Å². The lowest BCUT2D eigenvalue weighted by Gasteiger charge is -2.39. The SMILES string of the molecule is CN1CCCc2c1nc(N1CCC3(CC1)C(=O)N(C)c1cc(N4CCSCC4)cc(F)c13)[nH]c2=O. The van der Waals surface area contributed by atoms with Gasteiger partial charge in [0.05, 0.1) is 16.7 Å². The zero-order chi connectivity index (χ0) is 24.3. The molecule has 0 bridgehead atoms. The van der Waals surface area contributed by atoms with Gasteiger partial charge < -0.3 is 19.6 Å². The van der Waals surface area contributed by atoms with Crippen LogP contribution in [0.15, 0.2) is 16.9 Å². The van der Waals surface area contributed by atoms with Crippen molar-refractivity contribution in [1.82, 2.24) is 9.97 Å². The van der Waals surface area contributed by atoms with Gasteiger partial charge in [-0.15, -0.1) is 0 Å².